The van der Waals surface area contributed by atoms with Crippen LogP contribution in [-0.2, 0) is 6.42 Å². The Labute approximate surface area is 77.4 Å². The van der Waals surface area contributed by atoms with Gasteiger partial charge < -0.3 is 0 Å². The van der Waals surface area contributed by atoms with Crippen molar-refractivity contribution in [2.45, 2.75) is 19.3 Å². The molecule has 1 radical (unpaired) electrons. The fourth-order valence-electron chi connectivity index (χ4n) is 1.02. The average molecular weight is 186 g/mol. The Hall–Kier alpha value is -0.560. The minimum absolute atomic E-state index is 0.205. The highest BCUT2D eigenvalue weighted by molar-refractivity contribution is 6.30. The van der Waals surface area contributed by atoms with Gasteiger partial charge in [-0.05, 0) is 30.5 Å². The fraction of sp³-hybridized carbons (Fsp3) is 0.300. The molecule has 0 spiro atoms. The molecule has 0 aromatic heterocycles. The lowest BCUT2D eigenvalue weighted by atomic mass is 10.1. The van der Waals surface area contributed by atoms with Crippen molar-refractivity contribution in [1.82, 2.24) is 0 Å². The zero-order chi connectivity index (χ0) is 8.97. The van der Waals surface area contributed by atoms with Gasteiger partial charge in [0.05, 0.1) is 5.02 Å². The average Bonchev–Trinajstić information content (AvgIpc) is 2.07. The van der Waals surface area contributed by atoms with Gasteiger partial charge in [0.25, 0.3) is 0 Å². The quantitative estimate of drug-likeness (QED) is 0.675. The van der Waals surface area contributed by atoms with Crippen LogP contribution < -0.4 is 0 Å². The van der Waals surface area contributed by atoms with E-state index in [1.54, 1.807) is 12.1 Å². The van der Waals surface area contributed by atoms with E-state index < -0.39 is 0 Å². The maximum atomic E-state index is 12.7. The Morgan fingerprint density at radius 2 is 2.17 bits per heavy atom. The Kier molecular flexibility index (Phi) is 3.54. The van der Waals surface area contributed by atoms with E-state index in [9.17, 15) is 4.39 Å². The van der Waals surface area contributed by atoms with Crippen LogP contribution in [0.3, 0.4) is 0 Å². The number of rotatable bonds is 3. The van der Waals surface area contributed by atoms with E-state index in [-0.39, 0.29) is 10.8 Å². The summed E-state index contributed by atoms with van der Waals surface area (Å²) in [6, 6.07) is 4.84. The van der Waals surface area contributed by atoms with Gasteiger partial charge in [-0.1, -0.05) is 31.0 Å². The summed E-state index contributed by atoms with van der Waals surface area (Å²) < 4.78 is 12.7. The highest BCUT2D eigenvalue weighted by Gasteiger charge is 1.99. The first-order valence-electron chi connectivity index (χ1n) is 3.97. The van der Waals surface area contributed by atoms with Gasteiger partial charge in [-0.25, -0.2) is 4.39 Å². The van der Waals surface area contributed by atoms with E-state index in [0.29, 0.717) is 0 Å². The molecule has 0 saturated carbocycles. The molecule has 0 unspecified atom stereocenters. The number of hydrogen-bond donors (Lipinski definition) is 0. The summed E-state index contributed by atoms with van der Waals surface area (Å²) in [4.78, 5) is 0. The molecule has 0 aliphatic carbocycles. The Morgan fingerprint density at radius 3 is 2.75 bits per heavy atom. The van der Waals surface area contributed by atoms with Gasteiger partial charge in [0.1, 0.15) is 5.82 Å². The lowest BCUT2D eigenvalue weighted by Gasteiger charge is -2.00. The highest BCUT2D eigenvalue weighted by atomic mass is 35.5. The van der Waals surface area contributed by atoms with Gasteiger partial charge in [0.15, 0.2) is 0 Å². The van der Waals surface area contributed by atoms with Crippen LogP contribution in [0.4, 0.5) is 4.39 Å². The molecule has 1 aromatic rings. The predicted octanol–water partition coefficient (Wildman–Crippen LogP) is 3.64. The van der Waals surface area contributed by atoms with E-state index in [0.717, 1.165) is 24.8 Å². The van der Waals surface area contributed by atoms with Crippen LogP contribution in [0.5, 0.6) is 0 Å². The Morgan fingerprint density at radius 1 is 1.42 bits per heavy atom. The van der Waals surface area contributed by atoms with E-state index in [2.05, 4.69) is 6.92 Å². The van der Waals surface area contributed by atoms with Gasteiger partial charge in [0, 0.05) is 0 Å². The van der Waals surface area contributed by atoms with E-state index >= 15 is 0 Å². The molecule has 1 aromatic carbocycles. The molecule has 0 heterocycles. The van der Waals surface area contributed by atoms with Gasteiger partial charge >= 0.3 is 0 Å². The molecule has 0 bridgehead atoms. The minimum Gasteiger partial charge on any atom is -0.205 e. The summed E-state index contributed by atoms with van der Waals surface area (Å²) >= 11 is 5.60. The number of halogens is 2. The third kappa shape index (κ3) is 2.49. The lowest BCUT2D eigenvalue weighted by molar-refractivity contribution is 0.627. The molecule has 0 aliphatic rings. The van der Waals surface area contributed by atoms with E-state index in [1.807, 2.05) is 0 Å². The third-order valence-corrected chi connectivity index (χ3v) is 1.99. The molecule has 0 N–H and O–H groups in total. The molecular weight excluding hydrogens is 175 g/mol. The Bertz CT molecular complexity index is 258. The molecule has 0 amide bonds. The predicted molar refractivity (Wildman–Crippen MR) is 49.7 cm³/mol. The van der Waals surface area contributed by atoms with Crippen molar-refractivity contribution in [2.75, 3.05) is 0 Å². The van der Waals surface area contributed by atoms with Crippen LogP contribution >= 0.6 is 11.6 Å². The molecule has 2 heteroatoms. The summed E-state index contributed by atoms with van der Waals surface area (Å²) in [5, 5.41) is 0.205. The summed E-state index contributed by atoms with van der Waals surface area (Å²) in [5.74, 6) is -0.352. The molecule has 0 aliphatic heterocycles. The number of benzene rings is 1. The monoisotopic (exact) mass is 185 g/mol. The van der Waals surface area contributed by atoms with Gasteiger partial charge in [0.2, 0.25) is 0 Å². The minimum atomic E-state index is -0.352. The fourth-order valence-corrected chi connectivity index (χ4v) is 1.23. The largest absolute Gasteiger partial charge is 0.205 e. The summed E-state index contributed by atoms with van der Waals surface area (Å²) in [7, 11) is 0. The van der Waals surface area contributed by atoms with Crippen molar-refractivity contribution in [1.29, 1.82) is 0 Å². The van der Waals surface area contributed by atoms with Crippen LogP contribution in [-0.4, -0.2) is 0 Å². The van der Waals surface area contributed by atoms with Crippen molar-refractivity contribution in [3.63, 3.8) is 0 Å². The highest BCUT2D eigenvalue weighted by Crippen LogP contribution is 2.17. The molecule has 12 heavy (non-hydrogen) atoms. The second-order valence-electron chi connectivity index (χ2n) is 2.71. The van der Waals surface area contributed by atoms with Gasteiger partial charge in [-0.2, -0.15) is 0 Å². The maximum absolute atomic E-state index is 12.7. The topological polar surface area (TPSA) is 0 Å². The van der Waals surface area contributed by atoms with Crippen LogP contribution in [0, 0.1) is 12.7 Å². The lowest BCUT2D eigenvalue weighted by Crippen LogP contribution is -1.86. The SMILES string of the molecule is [CH2]CCCc1ccc(F)c(Cl)c1. The van der Waals surface area contributed by atoms with Crippen molar-refractivity contribution >= 4 is 11.6 Å². The number of hydrogen-bond acceptors (Lipinski definition) is 0. The summed E-state index contributed by atoms with van der Waals surface area (Å²) in [6.07, 6.45) is 2.83. The number of unbranched alkanes of at least 4 members (excludes halogenated alkanes) is 1. The van der Waals surface area contributed by atoms with Crippen molar-refractivity contribution in [3.05, 3.63) is 41.5 Å². The van der Waals surface area contributed by atoms with Crippen molar-refractivity contribution < 1.29 is 4.39 Å². The van der Waals surface area contributed by atoms with E-state index in [1.165, 1.54) is 6.07 Å². The molecular formula is C10H11ClF. The zero-order valence-corrected chi connectivity index (χ0v) is 7.57. The smallest absolute Gasteiger partial charge is 0.141 e. The normalized spacial score (nSPS) is 10.2. The summed E-state index contributed by atoms with van der Waals surface area (Å²) in [5.41, 5.74) is 1.07. The third-order valence-electron chi connectivity index (χ3n) is 1.70. The first-order chi connectivity index (χ1) is 5.74. The molecule has 1 rings (SSSR count). The molecule has 0 atom stereocenters. The zero-order valence-electron chi connectivity index (χ0n) is 6.82. The van der Waals surface area contributed by atoms with Crippen LogP contribution in [0.25, 0.3) is 0 Å². The number of aryl methyl sites for hydroxylation is 1. The van der Waals surface area contributed by atoms with Crippen molar-refractivity contribution in [3.8, 4) is 0 Å². The standard InChI is InChI=1S/C10H11ClF/c1-2-3-4-8-5-6-10(12)9(11)7-8/h5-7H,1-4H2. The van der Waals surface area contributed by atoms with E-state index in [4.69, 9.17) is 11.6 Å². The van der Waals surface area contributed by atoms with Crippen molar-refractivity contribution in [2.24, 2.45) is 0 Å². The van der Waals surface area contributed by atoms with Crippen LogP contribution in [0.2, 0.25) is 5.02 Å². The van der Waals surface area contributed by atoms with Crippen LogP contribution in [0.15, 0.2) is 18.2 Å². The second-order valence-corrected chi connectivity index (χ2v) is 3.11. The molecule has 0 fully saturated rings. The first kappa shape index (κ1) is 9.53. The first-order valence-corrected chi connectivity index (χ1v) is 4.35. The molecule has 0 nitrogen and oxygen atoms in total. The van der Waals surface area contributed by atoms with Crippen LogP contribution in [0.1, 0.15) is 18.4 Å². The van der Waals surface area contributed by atoms with Gasteiger partial charge in [-0.15, -0.1) is 0 Å². The second kappa shape index (κ2) is 4.46. The molecule has 0 saturated heterocycles. The van der Waals surface area contributed by atoms with Gasteiger partial charge in [-0.3, -0.25) is 0 Å². The summed E-state index contributed by atoms with van der Waals surface area (Å²) in [6.45, 7) is 3.73. The maximum Gasteiger partial charge on any atom is 0.141 e. The Balaban J connectivity index is 2.69. The molecule has 65 valence electrons.